The molecule has 1 atom stereocenters. The molecule has 0 radical (unpaired) electrons. The Morgan fingerprint density at radius 3 is 2.38 bits per heavy atom. The number of likely N-dealkylation sites (tertiary alicyclic amines) is 1. The monoisotopic (exact) mass is 353 g/mol. The lowest BCUT2D eigenvalue weighted by Crippen LogP contribution is -2.34. The van der Waals surface area contributed by atoms with Gasteiger partial charge in [0.2, 0.25) is 0 Å². The number of amides is 3. The van der Waals surface area contributed by atoms with Crippen molar-refractivity contribution in [2.75, 3.05) is 26.0 Å². The summed E-state index contributed by atoms with van der Waals surface area (Å²) in [6, 6.07) is 14.6. The Hall–Kier alpha value is -3.02. The number of urea groups is 1. The molecule has 136 valence electrons. The highest BCUT2D eigenvalue weighted by Gasteiger charge is 2.30. The fraction of sp³-hybridized carbons (Fsp3) is 0.300. The van der Waals surface area contributed by atoms with E-state index in [0.717, 1.165) is 30.7 Å². The van der Waals surface area contributed by atoms with E-state index in [0.29, 0.717) is 11.3 Å². The second-order valence-corrected chi connectivity index (χ2v) is 6.21. The largest absolute Gasteiger partial charge is 0.497 e. The lowest BCUT2D eigenvalue weighted by Gasteiger charge is -2.25. The van der Waals surface area contributed by atoms with Gasteiger partial charge in [0.1, 0.15) is 5.75 Å². The van der Waals surface area contributed by atoms with Crippen LogP contribution in [0, 0.1) is 0 Å². The zero-order valence-corrected chi connectivity index (χ0v) is 15.0. The average molecular weight is 353 g/mol. The third-order valence-electron chi connectivity index (χ3n) is 4.64. The van der Waals surface area contributed by atoms with E-state index in [-0.39, 0.29) is 18.0 Å². The number of nitrogens with zero attached hydrogens (tertiary/aromatic N) is 1. The van der Waals surface area contributed by atoms with Crippen molar-refractivity contribution in [3.8, 4) is 5.75 Å². The smallest absolute Gasteiger partial charge is 0.322 e. The molecule has 3 amide bonds. The molecule has 0 bridgehead atoms. The van der Waals surface area contributed by atoms with Crippen LogP contribution in [-0.2, 0) is 0 Å². The highest BCUT2D eigenvalue weighted by atomic mass is 16.5. The van der Waals surface area contributed by atoms with Crippen molar-refractivity contribution in [1.82, 2.24) is 10.2 Å². The Morgan fingerprint density at radius 1 is 1.08 bits per heavy atom. The molecule has 1 aliphatic heterocycles. The van der Waals surface area contributed by atoms with Crippen molar-refractivity contribution in [2.24, 2.45) is 0 Å². The van der Waals surface area contributed by atoms with Crippen LogP contribution in [0.2, 0.25) is 0 Å². The fourth-order valence-corrected chi connectivity index (χ4v) is 3.23. The quantitative estimate of drug-likeness (QED) is 0.885. The molecule has 1 fully saturated rings. The van der Waals surface area contributed by atoms with E-state index in [1.165, 1.54) is 0 Å². The van der Waals surface area contributed by atoms with Crippen molar-refractivity contribution in [3.63, 3.8) is 0 Å². The van der Waals surface area contributed by atoms with Gasteiger partial charge in [-0.05, 0) is 54.8 Å². The van der Waals surface area contributed by atoms with Crippen molar-refractivity contribution in [3.05, 3.63) is 59.7 Å². The Bertz CT molecular complexity index is 772. The van der Waals surface area contributed by atoms with Crippen LogP contribution in [0.4, 0.5) is 10.5 Å². The molecule has 6 heteroatoms. The van der Waals surface area contributed by atoms with E-state index in [2.05, 4.69) is 10.6 Å². The predicted molar refractivity (Wildman–Crippen MR) is 101 cm³/mol. The van der Waals surface area contributed by atoms with Gasteiger partial charge in [0.05, 0.1) is 13.2 Å². The number of carbonyl (C=O) groups excluding carboxylic acids is 2. The molecule has 2 N–H and O–H groups in total. The van der Waals surface area contributed by atoms with Crippen LogP contribution in [0.5, 0.6) is 5.75 Å². The van der Waals surface area contributed by atoms with Crippen LogP contribution < -0.4 is 15.4 Å². The highest BCUT2D eigenvalue weighted by Crippen LogP contribution is 2.33. The van der Waals surface area contributed by atoms with Crippen molar-refractivity contribution in [2.45, 2.75) is 18.9 Å². The van der Waals surface area contributed by atoms with Crippen LogP contribution in [0.15, 0.2) is 48.5 Å². The molecule has 0 spiro atoms. The van der Waals surface area contributed by atoms with Gasteiger partial charge in [0.25, 0.3) is 5.91 Å². The number of ether oxygens (including phenoxy) is 1. The normalized spacial score (nSPS) is 16.2. The molecule has 2 aromatic carbocycles. The van der Waals surface area contributed by atoms with Crippen LogP contribution in [0.3, 0.4) is 0 Å². The molecule has 1 heterocycles. The lowest BCUT2D eigenvalue weighted by atomic mass is 10.0. The first-order valence-corrected chi connectivity index (χ1v) is 8.66. The molecular weight excluding hydrogens is 330 g/mol. The van der Waals surface area contributed by atoms with Crippen molar-refractivity contribution < 1.29 is 14.3 Å². The second kappa shape index (κ2) is 7.91. The minimum atomic E-state index is -0.151. The number of methoxy groups -OCH3 is 1. The third-order valence-corrected chi connectivity index (χ3v) is 4.64. The summed E-state index contributed by atoms with van der Waals surface area (Å²) in [6.45, 7) is 0.721. The maximum Gasteiger partial charge on any atom is 0.322 e. The fourth-order valence-electron chi connectivity index (χ4n) is 3.23. The first-order valence-electron chi connectivity index (χ1n) is 8.66. The second-order valence-electron chi connectivity index (χ2n) is 6.21. The van der Waals surface area contributed by atoms with E-state index in [9.17, 15) is 9.59 Å². The van der Waals surface area contributed by atoms with Gasteiger partial charge in [0.15, 0.2) is 0 Å². The van der Waals surface area contributed by atoms with Gasteiger partial charge in [0, 0.05) is 24.8 Å². The zero-order chi connectivity index (χ0) is 18.5. The van der Waals surface area contributed by atoms with Crippen molar-refractivity contribution >= 4 is 17.6 Å². The van der Waals surface area contributed by atoms with Crippen LogP contribution in [-0.4, -0.2) is 37.5 Å². The first-order chi connectivity index (χ1) is 12.6. The minimum absolute atomic E-state index is 0.0612. The highest BCUT2D eigenvalue weighted by molar-refractivity contribution is 5.95. The van der Waals surface area contributed by atoms with Gasteiger partial charge in [-0.15, -0.1) is 0 Å². The van der Waals surface area contributed by atoms with Crippen LogP contribution in [0.1, 0.15) is 34.8 Å². The maximum atomic E-state index is 12.7. The van der Waals surface area contributed by atoms with Gasteiger partial charge < -0.3 is 20.3 Å². The number of rotatable bonds is 4. The molecule has 0 aliphatic carbocycles. The van der Waals surface area contributed by atoms with E-state index in [1.54, 1.807) is 38.4 Å². The van der Waals surface area contributed by atoms with E-state index >= 15 is 0 Å². The van der Waals surface area contributed by atoms with Crippen LogP contribution in [0.25, 0.3) is 0 Å². The molecule has 1 unspecified atom stereocenters. The van der Waals surface area contributed by atoms with E-state index in [4.69, 9.17) is 4.74 Å². The molecule has 26 heavy (non-hydrogen) atoms. The molecule has 2 aromatic rings. The van der Waals surface area contributed by atoms with E-state index < -0.39 is 0 Å². The van der Waals surface area contributed by atoms with Crippen molar-refractivity contribution in [1.29, 1.82) is 0 Å². The zero-order valence-electron chi connectivity index (χ0n) is 15.0. The standard InChI is InChI=1S/C20H23N3O3/c1-21-19(24)15-5-9-16(10-6-15)22-20(25)23-13-3-4-18(23)14-7-11-17(26-2)12-8-14/h5-12,18H,3-4,13H2,1-2H3,(H,21,24)(H,22,25). The summed E-state index contributed by atoms with van der Waals surface area (Å²) in [7, 11) is 3.23. The summed E-state index contributed by atoms with van der Waals surface area (Å²) >= 11 is 0. The van der Waals surface area contributed by atoms with Gasteiger partial charge >= 0.3 is 6.03 Å². The molecule has 0 saturated carbocycles. The molecule has 6 nitrogen and oxygen atoms in total. The van der Waals surface area contributed by atoms with Gasteiger partial charge in [-0.2, -0.15) is 0 Å². The molecule has 1 saturated heterocycles. The molecular formula is C20H23N3O3. The summed E-state index contributed by atoms with van der Waals surface area (Å²) in [5.41, 5.74) is 2.33. The topological polar surface area (TPSA) is 70.7 Å². The van der Waals surface area contributed by atoms with Gasteiger partial charge in [-0.25, -0.2) is 4.79 Å². The Morgan fingerprint density at radius 2 is 1.77 bits per heavy atom. The number of carbonyl (C=O) groups is 2. The summed E-state index contributed by atoms with van der Waals surface area (Å²) in [5, 5.41) is 5.50. The Balaban J connectivity index is 1.68. The van der Waals surface area contributed by atoms with Crippen LogP contribution >= 0.6 is 0 Å². The summed E-state index contributed by atoms with van der Waals surface area (Å²) in [5.74, 6) is 0.654. The summed E-state index contributed by atoms with van der Waals surface area (Å²) in [4.78, 5) is 26.1. The summed E-state index contributed by atoms with van der Waals surface area (Å²) in [6.07, 6.45) is 1.91. The lowest BCUT2D eigenvalue weighted by molar-refractivity contribution is 0.0963. The number of anilines is 1. The minimum Gasteiger partial charge on any atom is -0.497 e. The number of nitrogens with one attached hydrogen (secondary N) is 2. The SMILES string of the molecule is CNC(=O)c1ccc(NC(=O)N2CCCC2c2ccc(OC)cc2)cc1. The van der Waals surface area contributed by atoms with Gasteiger partial charge in [-0.3, -0.25) is 4.79 Å². The number of benzene rings is 2. The Labute approximate surface area is 153 Å². The first kappa shape index (κ1) is 17.8. The third kappa shape index (κ3) is 3.79. The maximum absolute atomic E-state index is 12.7. The van der Waals surface area contributed by atoms with E-state index in [1.807, 2.05) is 29.2 Å². The Kier molecular flexibility index (Phi) is 5.41. The molecule has 1 aliphatic rings. The molecule has 0 aromatic heterocycles. The molecule has 3 rings (SSSR count). The number of hydrogen-bond acceptors (Lipinski definition) is 3. The van der Waals surface area contributed by atoms with Gasteiger partial charge in [-0.1, -0.05) is 12.1 Å². The number of hydrogen-bond donors (Lipinski definition) is 2. The average Bonchev–Trinajstić information content (AvgIpc) is 3.18. The summed E-state index contributed by atoms with van der Waals surface area (Å²) < 4.78 is 5.20. The predicted octanol–water partition coefficient (Wildman–Crippen LogP) is 3.42.